The first kappa shape index (κ1) is 14.5. The van der Waals surface area contributed by atoms with Crippen LogP contribution in [0.4, 0.5) is 11.4 Å². The molecule has 0 heterocycles. The van der Waals surface area contributed by atoms with Gasteiger partial charge in [0.1, 0.15) is 5.75 Å². The lowest BCUT2D eigenvalue weighted by atomic mass is 10.2. The number of nitrogens with two attached hydrogens (primary N) is 1. The first-order valence-electron chi connectivity index (χ1n) is 5.67. The average molecular weight is 313 g/mol. The Labute approximate surface area is 122 Å². The molecule has 0 saturated heterocycles. The van der Waals surface area contributed by atoms with Crippen LogP contribution in [0, 0.1) is 6.92 Å². The Hall–Kier alpha value is -1.92. The summed E-state index contributed by atoms with van der Waals surface area (Å²) in [6, 6.07) is 8.68. The van der Waals surface area contributed by atoms with E-state index in [1.807, 2.05) is 6.92 Å². The zero-order valence-corrected chi connectivity index (χ0v) is 12.2. The molecule has 7 heteroatoms. The van der Waals surface area contributed by atoms with Gasteiger partial charge >= 0.3 is 0 Å². The topological polar surface area (TPSA) is 92.4 Å². The lowest BCUT2D eigenvalue weighted by Crippen LogP contribution is -2.13. The number of halogens is 1. The molecule has 0 aromatic heterocycles. The molecule has 20 heavy (non-hydrogen) atoms. The smallest absolute Gasteiger partial charge is 0.262 e. The molecule has 0 atom stereocenters. The highest BCUT2D eigenvalue weighted by Crippen LogP contribution is 2.28. The lowest BCUT2D eigenvalue weighted by molar-refractivity contribution is 0.477. The molecule has 0 radical (unpaired) electrons. The van der Waals surface area contributed by atoms with Crippen molar-refractivity contribution in [3.05, 3.63) is 47.0 Å². The van der Waals surface area contributed by atoms with Crippen LogP contribution < -0.4 is 10.5 Å². The third-order valence-corrected chi connectivity index (χ3v) is 4.37. The maximum Gasteiger partial charge on any atom is 0.262 e. The zero-order valence-electron chi connectivity index (χ0n) is 10.6. The Morgan fingerprint density at radius 2 is 1.90 bits per heavy atom. The molecule has 0 aliphatic rings. The molecule has 4 N–H and O–H groups in total. The van der Waals surface area contributed by atoms with Crippen LogP contribution in [0.1, 0.15) is 5.56 Å². The van der Waals surface area contributed by atoms with Gasteiger partial charge in [-0.15, -0.1) is 0 Å². The third kappa shape index (κ3) is 2.97. The number of hydrogen-bond acceptors (Lipinski definition) is 4. The molecular formula is C13H13ClN2O3S. The average Bonchev–Trinajstić information content (AvgIpc) is 2.36. The fourth-order valence-corrected chi connectivity index (χ4v) is 2.95. The SMILES string of the molecule is Cc1ccc(Cl)c(NS(=O)(=O)c2ccc(O)c(N)c2)c1. The lowest BCUT2D eigenvalue weighted by Gasteiger charge is -2.11. The minimum Gasteiger partial charge on any atom is -0.506 e. The van der Waals surface area contributed by atoms with E-state index in [1.54, 1.807) is 18.2 Å². The van der Waals surface area contributed by atoms with E-state index in [2.05, 4.69) is 4.72 Å². The molecule has 2 aromatic carbocycles. The number of rotatable bonds is 3. The molecule has 5 nitrogen and oxygen atoms in total. The Morgan fingerprint density at radius 1 is 1.20 bits per heavy atom. The molecule has 0 aliphatic heterocycles. The Kier molecular flexibility index (Phi) is 3.78. The van der Waals surface area contributed by atoms with E-state index >= 15 is 0 Å². The first-order valence-corrected chi connectivity index (χ1v) is 7.53. The fraction of sp³-hybridized carbons (Fsp3) is 0.0769. The number of phenols is 1. The molecule has 0 unspecified atom stereocenters. The summed E-state index contributed by atoms with van der Waals surface area (Å²) in [4.78, 5) is -0.0506. The van der Waals surface area contributed by atoms with Crippen molar-refractivity contribution in [2.45, 2.75) is 11.8 Å². The summed E-state index contributed by atoms with van der Waals surface area (Å²) >= 11 is 5.95. The summed E-state index contributed by atoms with van der Waals surface area (Å²) in [6.45, 7) is 1.83. The van der Waals surface area contributed by atoms with Gasteiger partial charge < -0.3 is 10.8 Å². The summed E-state index contributed by atoms with van der Waals surface area (Å²) < 4.78 is 26.8. The van der Waals surface area contributed by atoms with Crippen LogP contribution in [0.2, 0.25) is 5.02 Å². The van der Waals surface area contributed by atoms with Crippen molar-refractivity contribution < 1.29 is 13.5 Å². The van der Waals surface area contributed by atoms with Crippen LogP contribution in [-0.2, 0) is 10.0 Å². The predicted molar refractivity (Wildman–Crippen MR) is 79.5 cm³/mol. The van der Waals surface area contributed by atoms with Crippen molar-refractivity contribution in [1.29, 1.82) is 0 Å². The van der Waals surface area contributed by atoms with Crippen molar-refractivity contribution in [3.8, 4) is 5.75 Å². The van der Waals surface area contributed by atoms with Crippen molar-refractivity contribution in [2.24, 2.45) is 0 Å². The van der Waals surface area contributed by atoms with Gasteiger partial charge in [0, 0.05) is 0 Å². The highest BCUT2D eigenvalue weighted by atomic mass is 35.5. The first-order chi connectivity index (χ1) is 9.29. The highest BCUT2D eigenvalue weighted by molar-refractivity contribution is 7.92. The van der Waals surface area contributed by atoms with Crippen LogP contribution in [0.3, 0.4) is 0 Å². The molecule has 2 aromatic rings. The van der Waals surface area contributed by atoms with Crippen molar-refractivity contribution in [2.75, 3.05) is 10.5 Å². The van der Waals surface area contributed by atoms with Crippen LogP contribution in [0.15, 0.2) is 41.3 Å². The summed E-state index contributed by atoms with van der Waals surface area (Å²) in [5, 5.41) is 9.62. The second-order valence-electron chi connectivity index (χ2n) is 4.31. The number of nitrogens with one attached hydrogen (secondary N) is 1. The van der Waals surface area contributed by atoms with Gasteiger partial charge in [-0.1, -0.05) is 17.7 Å². The number of phenolic OH excluding ortho intramolecular Hbond substituents is 1. The van der Waals surface area contributed by atoms with Gasteiger partial charge in [0.15, 0.2) is 0 Å². The Bertz CT molecular complexity index is 760. The van der Waals surface area contributed by atoms with Crippen molar-refractivity contribution >= 4 is 33.0 Å². The molecule has 0 bridgehead atoms. The molecule has 0 amide bonds. The van der Waals surface area contributed by atoms with Crippen molar-refractivity contribution in [1.82, 2.24) is 0 Å². The van der Waals surface area contributed by atoms with Gasteiger partial charge in [0.25, 0.3) is 10.0 Å². The van der Waals surface area contributed by atoms with Gasteiger partial charge in [-0.3, -0.25) is 4.72 Å². The molecule has 0 saturated carbocycles. The van der Waals surface area contributed by atoms with Gasteiger partial charge in [0.2, 0.25) is 0 Å². The number of hydrogen-bond donors (Lipinski definition) is 3. The molecular weight excluding hydrogens is 300 g/mol. The maximum absolute atomic E-state index is 12.2. The number of aromatic hydroxyl groups is 1. The van der Waals surface area contributed by atoms with E-state index in [1.165, 1.54) is 18.2 Å². The van der Waals surface area contributed by atoms with Gasteiger partial charge in [0.05, 0.1) is 21.3 Å². The maximum atomic E-state index is 12.2. The second-order valence-corrected chi connectivity index (χ2v) is 6.40. The van der Waals surface area contributed by atoms with Gasteiger partial charge in [-0.2, -0.15) is 0 Å². The van der Waals surface area contributed by atoms with E-state index < -0.39 is 10.0 Å². The van der Waals surface area contributed by atoms with E-state index in [0.29, 0.717) is 10.7 Å². The Morgan fingerprint density at radius 3 is 2.55 bits per heavy atom. The minimum absolute atomic E-state index is 0.0109. The number of nitrogen functional groups attached to an aromatic ring is 1. The quantitative estimate of drug-likeness (QED) is 0.600. The van der Waals surface area contributed by atoms with Gasteiger partial charge in [-0.25, -0.2) is 8.42 Å². The highest BCUT2D eigenvalue weighted by Gasteiger charge is 2.17. The van der Waals surface area contributed by atoms with Crippen LogP contribution in [0.5, 0.6) is 5.75 Å². The number of aryl methyl sites for hydroxylation is 1. The minimum atomic E-state index is -3.82. The zero-order chi connectivity index (χ0) is 14.9. The predicted octanol–water partition coefficient (Wildman–Crippen LogP) is 2.74. The van der Waals surface area contributed by atoms with Crippen molar-refractivity contribution in [3.63, 3.8) is 0 Å². The largest absolute Gasteiger partial charge is 0.506 e. The number of anilines is 2. The third-order valence-electron chi connectivity index (χ3n) is 2.68. The molecule has 0 aliphatic carbocycles. The van der Waals surface area contributed by atoms with E-state index in [4.69, 9.17) is 17.3 Å². The Balaban J connectivity index is 2.40. The fourth-order valence-electron chi connectivity index (χ4n) is 1.62. The summed E-state index contributed by atoms with van der Waals surface area (Å²) in [7, 11) is -3.82. The van der Waals surface area contributed by atoms with E-state index in [9.17, 15) is 13.5 Å². The van der Waals surface area contributed by atoms with Crippen LogP contribution in [-0.4, -0.2) is 13.5 Å². The van der Waals surface area contributed by atoms with E-state index in [-0.39, 0.29) is 16.3 Å². The number of benzene rings is 2. The monoisotopic (exact) mass is 312 g/mol. The van der Waals surface area contributed by atoms with Gasteiger partial charge in [-0.05, 0) is 42.8 Å². The molecule has 2 rings (SSSR count). The normalized spacial score (nSPS) is 11.3. The van der Waals surface area contributed by atoms with Crippen LogP contribution >= 0.6 is 11.6 Å². The summed E-state index contributed by atoms with van der Waals surface area (Å²) in [5.74, 6) is -0.169. The van der Waals surface area contributed by atoms with E-state index in [0.717, 1.165) is 5.56 Å². The van der Waals surface area contributed by atoms with Crippen LogP contribution in [0.25, 0.3) is 0 Å². The standard InChI is InChI=1S/C13H13ClN2O3S/c1-8-2-4-10(14)12(6-8)16-20(18,19)9-3-5-13(17)11(15)7-9/h2-7,16-17H,15H2,1H3. The molecule has 106 valence electrons. The molecule has 0 fully saturated rings. The summed E-state index contributed by atoms with van der Waals surface area (Å²) in [5.41, 5.74) is 6.65. The molecule has 0 spiro atoms. The number of sulfonamides is 1. The summed E-state index contributed by atoms with van der Waals surface area (Å²) in [6.07, 6.45) is 0. The second kappa shape index (κ2) is 5.22.